The summed E-state index contributed by atoms with van der Waals surface area (Å²) in [6.45, 7) is 11.4. The van der Waals surface area contributed by atoms with Crippen molar-refractivity contribution in [3.63, 3.8) is 0 Å². The number of halogens is 2. The maximum absolute atomic E-state index is 14.1. The maximum atomic E-state index is 14.1. The Morgan fingerprint density at radius 1 is 1.35 bits per heavy atom. The van der Waals surface area contributed by atoms with Gasteiger partial charge in [-0.15, -0.1) is 0 Å². The van der Waals surface area contributed by atoms with E-state index in [0.29, 0.717) is 6.54 Å². The van der Waals surface area contributed by atoms with Crippen molar-refractivity contribution >= 4 is 15.9 Å². The third-order valence-corrected chi connectivity index (χ3v) is 4.99. The smallest absolute Gasteiger partial charge is 0.128 e. The number of nitrogens with zero attached hydrogens (tertiary/aromatic N) is 1. The molecule has 1 atom stereocenters. The number of benzene rings is 1. The van der Waals surface area contributed by atoms with Gasteiger partial charge in [0.25, 0.3) is 0 Å². The predicted octanol–water partition coefficient (Wildman–Crippen LogP) is 3.94. The minimum Gasteiger partial charge on any atom is -0.308 e. The van der Waals surface area contributed by atoms with E-state index in [-0.39, 0.29) is 16.9 Å². The van der Waals surface area contributed by atoms with E-state index in [4.69, 9.17) is 0 Å². The Bertz CT molecular complexity index is 489. The van der Waals surface area contributed by atoms with Crippen molar-refractivity contribution in [1.29, 1.82) is 0 Å². The first-order valence-electron chi connectivity index (χ1n) is 7.20. The molecule has 20 heavy (non-hydrogen) atoms. The molecule has 0 spiro atoms. The lowest BCUT2D eigenvalue weighted by Crippen LogP contribution is -2.66. The van der Waals surface area contributed by atoms with Crippen LogP contribution in [0.25, 0.3) is 0 Å². The summed E-state index contributed by atoms with van der Waals surface area (Å²) in [6, 6.07) is 5.33. The van der Waals surface area contributed by atoms with Crippen LogP contribution in [0.15, 0.2) is 22.7 Å². The van der Waals surface area contributed by atoms with E-state index in [2.05, 4.69) is 53.8 Å². The first kappa shape index (κ1) is 15.9. The van der Waals surface area contributed by atoms with Crippen LogP contribution in [-0.2, 0) is 6.54 Å². The van der Waals surface area contributed by atoms with Gasteiger partial charge in [-0.25, -0.2) is 4.39 Å². The second kappa shape index (κ2) is 5.74. The van der Waals surface area contributed by atoms with Crippen molar-refractivity contribution in [3.8, 4) is 0 Å². The first-order valence-corrected chi connectivity index (χ1v) is 7.99. The third kappa shape index (κ3) is 3.41. The number of hydrogen-bond donors (Lipinski definition) is 1. The molecule has 4 heteroatoms. The van der Waals surface area contributed by atoms with E-state index in [0.717, 1.165) is 29.5 Å². The Labute approximate surface area is 129 Å². The van der Waals surface area contributed by atoms with Gasteiger partial charge in [0.2, 0.25) is 0 Å². The average molecular weight is 343 g/mol. The molecule has 1 aliphatic heterocycles. The SMILES string of the molecule is CCC1(C)CN(Cc2ccc(Br)cc2F)C(C)(C)CN1. The zero-order valence-corrected chi connectivity index (χ0v) is 14.3. The van der Waals surface area contributed by atoms with Gasteiger partial charge >= 0.3 is 0 Å². The van der Waals surface area contributed by atoms with E-state index >= 15 is 0 Å². The minimum absolute atomic E-state index is 0.0359. The van der Waals surface area contributed by atoms with Gasteiger partial charge in [0.05, 0.1) is 0 Å². The van der Waals surface area contributed by atoms with Crippen LogP contribution in [0.2, 0.25) is 0 Å². The van der Waals surface area contributed by atoms with Crippen LogP contribution in [0.4, 0.5) is 4.39 Å². The molecule has 112 valence electrons. The van der Waals surface area contributed by atoms with Crippen molar-refractivity contribution in [2.75, 3.05) is 13.1 Å². The molecule has 0 aromatic heterocycles. The van der Waals surface area contributed by atoms with Crippen molar-refractivity contribution in [2.24, 2.45) is 0 Å². The zero-order valence-electron chi connectivity index (χ0n) is 12.8. The van der Waals surface area contributed by atoms with Crippen molar-refractivity contribution in [3.05, 3.63) is 34.1 Å². The molecule has 1 heterocycles. The van der Waals surface area contributed by atoms with Gasteiger partial charge < -0.3 is 5.32 Å². The van der Waals surface area contributed by atoms with Gasteiger partial charge in [0, 0.05) is 40.7 Å². The molecule has 1 fully saturated rings. The molecule has 1 N–H and O–H groups in total. The minimum atomic E-state index is -0.132. The van der Waals surface area contributed by atoms with Crippen molar-refractivity contribution in [2.45, 2.75) is 51.7 Å². The van der Waals surface area contributed by atoms with Gasteiger partial charge in [0.15, 0.2) is 0 Å². The largest absolute Gasteiger partial charge is 0.308 e. The second-order valence-corrected chi connectivity index (χ2v) is 7.59. The zero-order chi connectivity index (χ0) is 15.0. The predicted molar refractivity (Wildman–Crippen MR) is 85.3 cm³/mol. The quantitative estimate of drug-likeness (QED) is 0.894. The Hall–Kier alpha value is -0.450. The van der Waals surface area contributed by atoms with Gasteiger partial charge in [-0.2, -0.15) is 0 Å². The van der Waals surface area contributed by atoms with E-state index in [1.807, 2.05) is 12.1 Å². The van der Waals surface area contributed by atoms with Crippen LogP contribution in [0, 0.1) is 5.82 Å². The van der Waals surface area contributed by atoms with Gasteiger partial charge in [0.1, 0.15) is 5.82 Å². The highest BCUT2D eigenvalue weighted by atomic mass is 79.9. The van der Waals surface area contributed by atoms with E-state index in [1.54, 1.807) is 6.07 Å². The van der Waals surface area contributed by atoms with E-state index < -0.39 is 0 Å². The lowest BCUT2D eigenvalue weighted by molar-refractivity contribution is 0.0238. The molecule has 0 amide bonds. The van der Waals surface area contributed by atoms with E-state index in [9.17, 15) is 4.39 Å². The molecular weight excluding hydrogens is 319 g/mol. The molecular formula is C16H24BrFN2. The Morgan fingerprint density at radius 3 is 2.65 bits per heavy atom. The number of rotatable bonds is 3. The molecule has 1 aliphatic rings. The maximum Gasteiger partial charge on any atom is 0.128 e. The molecule has 2 rings (SSSR count). The topological polar surface area (TPSA) is 15.3 Å². The molecule has 0 aliphatic carbocycles. The fourth-order valence-corrected chi connectivity index (χ4v) is 2.93. The van der Waals surface area contributed by atoms with E-state index in [1.165, 1.54) is 0 Å². The second-order valence-electron chi connectivity index (χ2n) is 6.67. The normalized spacial score (nSPS) is 26.7. The van der Waals surface area contributed by atoms with Crippen LogP contribution < -0.4 is 5.32 Å². The van der Waals surface area contributed by atoms with Crippen LogP contribution in [0.1, 0.15) is 39.7 Å². The number of hydrogen-bond acceptors (Lipinski definition) is 2. The molecule has 1 unspecified atom stereocenters. The van der Waals surface area contributed by atoms with Crippen LogP contribution in [-0.4, -0.2) is 29.1 Å². The lowest BCUT2D eigenvalue weighted by Gasteiger charge is -2.50. The summed E-state index contributed by atoms with van der Waals surface area (Å²) in [5.41, 5.74) is 0.914. The van der Waals surface area contributed by atoms with Crippen LogP contribution >= 0.6 is 15.9 Å². The summed E-state index contributed by atoms with van der Waals surface area (Å²) in [5, 5.41) is 3.63. The van der Waals surface area contributed by atoms with Crippen molar-refractivity contribution < 1.29 is 4.39 Å². The molecule has 2 nitrogen and oxygen atoms in total. The highest BCUT2D eigenvalue weighted by molar-refractivity contribution is 9.10. The standard InChI is InChI=1S/C16H24BrFN2/c1-5-16(4)11-20(15(2,3)10-19-16)9-12-6-7-13(17)8-14(12)18/h6-8,19H,5,9-11H2,1-4H3. The number of piperazine rings is 1. The first-order chi connectivity index (χ1) is 9.26. The molecule has 1 aromatic carbocycles. The lowest BCUT2D eigenvalue weighted by atomic mass is 9.88. The monoisotopic (exact) mass is 342 g/mol. The van der Waals surface area contributed by atoms with Crippen molar-refractivity contribution in [1.82, 2.24) is 10.2 Å². The summed E-state index contributed by atoms with van der Waals surface area (Å²) < 4.78 is 14.8. The summed E-state index contributed by atoms with van der Waals surface area (Å²) in [4.78, 5) is 2.39. The summed E-state index contributed by atoms with van der Waals surface area (Å²) in [7, 11) is 0. The third-order valence-electron chi connectivity index (χ3n) is 4.50. The summed E-state index contributed by atoms with van der Waals surface area (Å²) in [5.74, 6) is -0.132. The highest BCUT2D eigenvalue weighted by Crippen LogP contribution is 2.28. The molecule has 1 saturated heterocycles. The highest BCUT2D eigenvalue weighted by Gasteiger charge is 2.39. The number of nitrogens with one attached hydrogen (secondary N) is 1. The Kier molecular flexibility index (Phi) is 4.57. The molecule has 0 bridgehead atoms. The molecule has 0 radical (unpaired) electrons. The fraction of sp³-hybridized carbons (Fsp3) is 0.625. The Balaban J connectivity index is 2.20. The average Bonchev–Trinajstić information content (AvgIpc) is 2.38. The van der Waals surface area contributed by atoms with Gasteiger partial charge in [-0.3, -0.25) is 4.90 Å². The van der Waals surface area contributed by atoms with Crippen LogP contribution in [0.5, 0.6) is 0 Å². The summed E-state index contributed by atoms with van der Waals surface area (Å²) in [6.07, 6.45) is 1.07. The summed E-state index contributed by atoms with van der Waals surface area (Å²) >= 11 is 3.31. The van der Waals surface area contributed by atoms with Gasteiger partial charge in [-0.05, 0) is 39.3 Å². The van der Waals surface area contributed by atoms with Gasteiger partial charge in [-0.1, -0.05) is 28.9 Å². The molecule has 1 aromatic rings. The Morgan fingerprint density at radius 2 is 2.05 bits per heavy atom. The van der Waals surface area contributed by atoms with Crippen LogP contribution in [0.3, 0.4) is 0 Å². The molecule has 0 saturated carbocycles. The fourth-order valence-electron chi connectivity index (χ4n) is 2.59.